The smallest absolute Gasteiger partial charge is 0.253 e. The molecule has 0 aliphatic heterocycles. The van der Waals surface area contributed by atoms with Crippen molar-refractivity contribution in [2.24, 2.45) is 0 Å². The largest absolute Gasteiger partial charge is 0.354 e. The third-order valence-electron chi connectivity index (χ3n) is 2.71. The van der Waals surface area contributed by atoms with Crippen LogP contribution in [0.2, 0.25) is 0 Å². The molecular weight excluding hydrogens is 299 g/mol. The van der Waals surface area contributed by atoms with Crippen molar-refractivity contribution >= 4 is 35.0 Å². The molecule has 6 heteroatoms. The van der Waals surface area contributed by atoms with Gasteiger partial charge in [0.15, 0.2) is 4.84 Å². The Morgan fingerprint density at radius 3 is 2.30 bits per heavy atom. The summed E-state index contributed by atoms with van der Waals surface area (Å²) < 4.78 is 0. The number of halogens is 2. The van der Waals surface area contributed by atoms with Gasteiger partial charge in [0.1, 0.15) is 0 Å². The van der Waals surface area contributed by atoms with E-state index in [-0.39, 0.29) is 5.91 Å². The van der Waals surface area contributed by atoms with Crippen molar-refractivity contribution in [1.82, 2.24) is 10.6 Å². The molecule has 1 aromatic rings. The molecule has 0 saturated carbocycles. The number of nitrogens with one attached hydrogen (secondary N) is 2. The maximum absolute atomic E-state index is 11.6. The van der Waals surface area contributed by atoms with E-state index in [1.54, 1.807) is 0 Å². The Kier molecular flexibility index (Phi) is 7.41. The van der Waals surface area contributed by atoms with E-state index in [1.807, 2.05) is 31.2 Å². The molecule has 2 N–H and O–H groups in total. The van der Waals surface area contributed by atoms with E-state index < -0.39 is 10.7 Å². The summed E-state index contributed by atoms with van der Waals surface area (Å²) in [5.74, 6) is -0.504. The highest BCUT2D eigenvalue weighted by atomic mass is 35.5. The number of carbonyl (C=O) groups excluding carboxylic acids is 2. The maximum Gasteiger partial charge on any atom is 0.253 e. The lowest BCUT2D eigenvalue weighted by molar-refractivity contribution is -0.122. The van der Waals surface area contributed by atoms with Gasteiger partial charge in [0.2, 0.25) is 5.91 Å². The normalized spacial score (nSPS) is 10.4. The van der Waals surface area contributed by atoms with Crippen LogP contribution in [0.15, 0.2) is 24.3 Å². The van der Waals surface area contributed by atoms with Crippen LogP contribution in [0.4, 0.5) is 0 Å². The molecule has 0 spiro atoms. The minimum atomic E-state index is -1.08. The number of hydrogen-bond acceptors (Lipinski definition) is 2. The van der Waals surface area contributed by atoms with Gasteiger partial charge >= 0.3 is 0 Å². The standard InChI is InChI=1S/C14H18Cl2N2O2/c1-10-2-4-11(5-3-10)6-7-12(19)17-8-9-18-14(20)13(15)16/h2-5,13H,6-9H2,1H3,(H,17,19)(H,18,20). The Morgan fingerprint density at radius 1 is 1.10 bits per heavy atom. The Balaban J connectivity index is 2.14. The summed E-state index contributed by atoms with van der Waals surface area (Å²) >= 11 is 10.7. The number of aryl methyl sites for hydroxylation is 2. The van der Waals surface area contributed by atoms with Crippen molar-refractivity contribution in [2.75, 3.05) is 13.1 Å². The van der Waals surface area contributed by atoms with Gasteiger partial charge in [-0.1, -0.05) is 53.0 Å². The second-order valence-corrected chi connectivity index (χ2v) is 5.52. The third-order valence-corrected chi connectivity index (χ3v) is 3.10. The molecule has 0 aliphatic rings. The molecule has 0 aromatic heterocycles. The molecule has 110 valence electrons. The molecule has 0 radical (unpaired) electrons. The number of amides is 2. The van der Waals surface area contributed by atoms with E-state index >= 15 is 0 Å². The summed E-state index contributed by atoms with van der Waals surface area (Å²) in [6.07, 6.45) is 1.12. The van der Waals surface area contributed by atoms with Crippen LogP contribution in [-0.4, -0.2) is 29.7 Å². The van der Waals surface area contributed by atoms with E-state index in [1.165, 1.54) is 5.56 Å². The molecule has 1 aromatic carbocycles. The van der Waals surface area contributed by atoms with E-state index in [0.29, 0.717) is 25.9 Å². The summed E-state index contributed by atoms with van der Waals surface area (Å²) in [4.78, 5) is 21.5. The Labute approximate surface area is 128 Å². The van der Waals surface area contributed by atoms with Gasteiger partial charge in [-0.15, -0.1) is 0 Å². The van der Waals surface area contributed by atoms with Crippen molar-refractivity contribution in [3.05, 3.63) is 35.4 Å². The summed E-state index contributed by atoms with van der Waals surface area (Å²) in [5, 5.41) is 5.22. The first-order chi connectivity index (χ1) is 9.49. The van der Waals surface area contributed by atoms with E-state index in [0.717, 1.165) is 5.56 Å². The van der Waals surface area contributed by atoms with Crippen LogP contribution in [0, 0.1) is 6.92 Å². The molecule has 0 unspecified atom stereocenters. The highest BCUT2D eigenvalue weighted by Crippen LogP contribution is 2.05. The fourth-order valence-corrected chi connectivity index (χ4v) is 1.72. The zero-order chi connectivity index (χ0) is 15.0. The number of hydrogen-bond donors (Lipinski definition) is 2. The van der Waals surface area contributed by atoms with Crippen LogP contribution < -0.4 is 10.6 Å². The second kappa shape index (κ2) is 8.82. The van der Waals surface area contributed by atoms with Crippen LogP contribution in [0.5, 0.6) is 0 Å². The molecule has 20 heavy (non-hydrogen) atoms. The lowest BCUT2D eigenvalue weighted by Gasteiger charge is -2.07. The van der Waals surface area contributed by atoms with E-state index in [2.05, 4.69) is 10.6 Å². The van der Waals surface area contributed by atoms with Crippen LogP contribution in [0.1, 0.15) is 17.5 Å². The number of carbonyl (C=O) groups is 2. The quantitative estimate of drug-likeness (QED) is 0.597. The second-order valence-electron chi connectivity index (χ2n) is 4.43. The van der Waals surface area contributed by atoms with Gasteiger partial charge in [0.25, 0.3) is 5.91 Å². The molecule has 0 saturated heterocycles. The first-order valence-electron chi connectivity index (χ1n) is 6.37. The van der Waals surface area contributed by atoms with Crippen molar-refractivity contribution in [3.63, 3.8) is 0 Å². The summed E-state index contributed by atoms with van der Waals surface area (Å²) in [6.45, 7) is 2.70. The topological polar surface area (TPSA) is 58.2 Å². The molecule has 4 nitrogen and oxygen atoms in total. The lowest BCUT2D eigenvalue weighted by Crippen LogP contribution is -2.36. The predicted octanol–water partition coefficient (Wildman–Crippen LogP) is 1.96. The SMILES string of the molecule is Cc1ccc(CCC(=O)NCCNC(=O)C(Cl)Cl)cc1. The van der Waals surface area contributed by atoms with Gasteiger partial charge in [0, 0.05) is 19.5 Å². The molecular formula is C14H18Cl2N2O2. The molecule has 2 amide bonds. The highest BCUT2D eigenvalue weighted by Gasteiger charge is 2.09. The van der Waals surface area contributed by atoms with Crippen molar-refractivity contribution < 1.29 is 9.59 Å². The molecule has 0 atom stereocenters. The molecule has 0 aliphatic carbocycles. The van der Waals surface area contributed by atoms with Crippen molar-refractivity contribution in [3.8, 4) is 0 Å². The summed E-state index contributed by atoms with van der Waals surface area (Å²) in [7, 11) is 0. The van der Waals surface area contributed by atoms with E-state index in [9.17, 15) is 9.59 Å². The minimum Gasteiger partial charge on any atom is -0.354 e. The lowest BCUT2D eigenvalue weighted by atomic mass is 10.1. The van der Waals surface area contributed by atoms with Gasteiger partial charge < -0.3 is 10.6 Å². The Hall–Kier alpha value is -1.26. The van der Waals surface area contributed by atoms with Crippen LogP contribution in [0.3, 0.4) is 0 Å². The van der Waals surface area contributed by atoms with Crippen LogP contribution in [-0.2, 0) is 16.0 Å². The van der Waals surface area contributed by atoms with Gasteiger partial charge in [-0.3, -0.25) is 9.59 Å². The molecule has 0 bridgehead atoms. The summed E-state index contributed by atoms with van der Waals surface area (Å²) in [6, 6.07) is 8.09. The highest BCUT2D eigenvalue weighted by molar-refractivity contribution is 6.53. The van der Waals surface area contributed by atoms with Crippen LogP contribution in [0.25, 0.3) is 0 Å². The summed E-state index contributed by atoms with van der Waals surface area (Å²) in [5.41, 5.74) is 2.33. The predicted molar refractivity (Wildman–Crippen MR) is 81.0 cm³/mol. The molecule has 1 rings (SSSR count). The van der Waals surface area contributed by atoms with Gasteiger partial charge in [-0.2, -0.15) is 0 Å². The zero-order valence-corrected chi connectivity index (χ0v) is 12.8. The number of benzene rings is 1. The Bertz CT molecular complexity index is 447. The monoisotopic (exact) mass is 316 g/mol. The fraction of sp³-hybridized carbons (Fsp3) is 0.429. The van der Waals surface area contributed by atoms with Crippen molar-refractivity contribution in [1.29, 1.82) is 0 Å². The van der Waals surface area contributed by atoms with Gasteiger partial charge in [0.05, 0.1) is 0 Å². The van der Waals surface area contributed by atoms with Crippen LogP contribution >= 0.6 is 23.2 Å². The number of alkyl halides is 2. The number of rotatable bonds is 7. The zero-order valence-electron chi connectivity index (χ0n) is 11.3. The third kappa shape index (κ3) is 6.78. The minimum absolute atomic E-state index is 0.0480. The molecule has 0 fully saturated rings. The first kappa shape index (κ1) is 16.8. The average molecular weight is 317 g/mol. The first-order valence-corrected chi connectivity index (χ1v) is 7.24. The van der Waals surface area contributed by atoms with Gasteiger partial charge in [-0.05, 0) is 18.9 Å². The van der Waals surface area contributed by atoms with E-state index in [4.69, 9.17) is 23.2 Å². The molecule has 0 heterocycles. The van der Waals surface area contributed by atoms with Gasteiger partial charge in [-0.25, -0.2) is 0 Å². The average Bonchev–Trinajstić information content (AvgIpc) is 2.42. The Morgan fingerprint density at radius 2 is 1.70 bits per heavy atom. The maximum atomic E-state index is 11.6. The fourth-order valence-electron chi connectivity index (χ4n) is 1.57. The van der Waals surface area contributed by atoms with Crippen molar-refractivity contribution in [2.45, 2.75) is 24.6 Å².